The minimum absolute atomic E-state index is 0.0760. The quantitative estimate of drug-likeness (QED) is 0.232. The topological polar surface area (TPSA) is 0 Å². The molecule has 0 bridgehead atoms. The standard InChI is InChI=1S/C21H44B2ClP2/c1-9-11-17-25(18-12-10-2,20(3,4)5)23-26(22-24,21(6,7)8)19-15-13-14-16-19/h13-16H,9-12,17-18,22-23H2,1-8H3/q-1. The van der Waals surface area contributed by atoms with Gasteiger partial charge in [0, 0.05) is 17.5 Å². The van der Waals surface area contributed by atoms with E-state index in [4.69, 9.17) is 11.5 Å². The van der Waals surface area contributed by atoms with Gasteiger partial charge < -0.3 is 11.5 Å². The zero-order valence-electron chi connectivity index (χ0n) is 19.3. The van der Waals surface area contributed by atoms with Crippen molar-refractivity contribution in [1.29, 1.82) is 0 Å². The highest BCUT2D eigenvalue weighted by Gasteiger charge is 2.50. The minimum Gasteiger partial charge on any atom is -0.348 e. The highest BCUT2D eigenvalue weighted by Crippen LogP contribution is 2.80. The van der Waals surface area contributed by atoms with Crippen LogP contribution in [0.25, 0.3) is 0 Å². The Kier molecular flexibility index (Phi) is 9.39. The Morgan fingerprint density at radius 2 is 1.31 bits per heavy atom. The largest absolute Gasteiger partial charge is 0.348 e. The van der Waals surface area contributed by atoms with Crippen LogP contribution in [0, 0.1) is 0 Å². The smallest absolute Gasteiger partial charge is 0.250 e. The lowest BCUT2D eigenvalue weighted by Crippen LogP contribution is -2.40. The Morgan fingerprint density at radius 1 is 0.846 bits per heavy atom. The molecule has 0 heterocycles. The van der Waals surface area contributed by atoms with Gasteiger partial charge in [0.1, 0.15) is 0 Å². The predicted octanol–water partition coefficient (Wildman–Crippen LogP) is 6.50. The first-order chi connectivity index (χ1) is 12.0. The van der Waals surface area contributed by atoms with Crippen LogP contribution in [0.5, 0.6) is 0 Å². The van der Waals surface area contributed by atoms with Gasteiger partial charge in [0.05, 0.1) is 0 Å². The van der Waals surface area contributed by atoms with Gasteiger partial charge in [-0.3, -0.25) is 7.02 Å². The molecule has 5 heteroatoms. The van der Waals surface area contributed by atoms with Gasteiger partial charge in [-0.05, 0) is 59.5 Å². The molecule has 1 aromatic carbocycles. The lowest BCUT2D eigenvalue weighted by Gasteiger charge is -2.58. The fourth-order valence-electron chi connectivity index (χ4n) is 5.03. The number of hydrogen-bond donors (Lipinski definition) is 0. The normalized spacial score (nSPS) is 15.9. The van der Waals surface area contributed by atoms with Crippen molar-refractivity contribution in [2.24, 2.45) is 0 Å². The van der Waals surface area contributed by atoms with Crippen LogP contribution in [-0.2, 0) is 0 Å². The molecule has 0 aromatic heterocycles. The molecule has 26 heavy (non-hydrogen) atoms. The van der Waals surface area contributed by atoms with Crippen LogP contribution >= 0.6 is 25.6 Å². The summed E-state index contributed by atoms with van der Waals surface area (Å²) in [7, 11) is -2.17. The predicted molar refractivity (Wildman–Crippen MR) is 138 cm³/mol. The molecule has 0 aliphatic rings. The first-order valence-corrected chi connectivity index (χ1v) is 17.1. The molecule has 0 N–H and O–H groups in total. The van der Waals surface area contributed by atoms with Crippen molar-refractivity contribution >= 4 is 44.1 Å². The Bertz CT molecular complexity index is 509. The summed E-state index contributed by atoms with van der Waals surface area (Å²) >= 11 is 7.05. The van der Waals surface area contributed by atoms with Gasteiger partial charge in [0.2, 0.25) is 0 Å². The summed E-state index contributed by atoms with van der Waals surface area (Å²) in [4.78, 5) is 0. The maximum atomic E-state index is 7.05. The van der Waals surface area contributed by atoms with E-state index in [0.29, 0.717) is 10.3 Å². The van der Waals surface area contributed by atoms with E-state index < -0.39 is 20.6 Å². The fourth-order valence-corrected chi connectivity index (χ4v) is 28.5. The average molecular weight is 416 g/mol. The minimum atomic E-state index is -1.20. The molecule has 0 radical (unpaired) electrons. The van der Waals surface area contributed by atoms with E-state index in [2.05, 4.69) is 79.7 Å². The van der Waals surface area contributed by atoms with Gasteiger partial charge in [-0.2, -0.15) is 0 Å². The molecule has 1 rings (SSSR count). The van der Waals surface area contributed by atoms with Crippen molar-refractivity contribution in [2.45, 2.75) is 91.4 Å². The van der Waals surface area contributed by atoms with Crippen molar-refractivity contribution in [1.82, 2.24) is 0 Å². The monoisotopic (exact) mass is 415 g/mol. The van der Waals surface area contributed by atoms with Gasteiger partial charge in [-0.25, -0.2) is 12.1 Å². The first kappa shape index (κ1) is 24.7. The third-order valence-corrected chi connectivity index (χ3v) is 27.5. The van der Waals surface area contributed by atoms with Crippen molar-refractivity contribution in [2.75, 3.05) is 12.3 Å². The summed E-state index contributed by atoms with van der Waals surface area (Å²) in [6.45, 7) is 19.9. The van der Waals surface area contributed by atoms with Crippen molar-refractivity contribution in [3.05, 3.63) is 24.3 Å². The zero-order chi connectivity index (χ0) is 20.1. The summed E-state index contributed by atoms with van der Waals surface area (Å²) in [6.07, 6.45) is 8.14. The summed E-state index contributed by atoms with van der Waals surface area (Å²) in [5, 5.41) is 2.54. The van der Waals surface area contributed by atoms with Crippen molar-refractivity contribution < 1.29 is 0 Å². The molecule has 0 aliphatic heterocycles. The maximum Gasteiger partial charge on any atom is 0.250 e. The molecule has 0 nitrogen and oxygen atoms in total. The van der Waals surface area contributed by atoms with Gasteiger partial charge in [0.25, 0.3) is 6.72 Å². The van der Waals surface area contributed by atoms with Crippen molar-refractivity contribution in [3.8, 4) is 0 Å². The molecule has 1 unspecified atom stereocenters. The second-order valence-corrected chi connectivity index (χ2v) is 23.6. The van der Waals surface area contributed by atoms with Crippen LogP contribution in [0.1, 0.15) is 81.1 Å². The molecule has 152 valence electrons. The lowest BCUT2D eigenvalue weighted by atomic mass is 10.2. The van der Waals surface area contributed by atoms with Crippen molar-refractivity contribution in [3.63, 3.8) is 0 Å². The van der Waals surface area contributed by atoms with Crippen LogP contribution in [0.4, 0.5) is 0 Å². The van der Waals surface area contributed by atoms with E-state index in [1.165, 1.54) is 38.0 Å². The molecule has 0 spiro atoms. The fraction of sp³-hybridized carbons (Fsp3) is 0.762. The Balaban J connectivity index is 3.51. The molecule has 0 saturated heterocycles. The molecule has 0 fully saturated rings. The van der Waals surface area contributed by atoms with E-state index in [9.17, 15) is 0 Å². The number of hydrogen-bond acceptors (Lipinski definition) is 0. The molecule has 0 amide bonds. The van der Waals surface area contributed by atoms with Gasteiger partial charge >= 0.3 is 0 Å². The molecule has 0 saturated carbocycles. The summed E-state index contributed by atoms with van der Waals surface area (Å²) < 4.78 is 0. The van der Waals surface area contributed by atoms with Gasteiger partial charge in [0.15, 0.2) is 6.41 Å². The number of unbranched alkanes of at least 4 members (excludes halogenated alkanes) is 2. The highest BCUT2D eigenvalue weighted by molar-refractivity contribution is 8.42. The number of halogens is 1. The van der Waals surface area contributed by atoms with Crippen LogP contribution in [0.3, 0.4) is 0 Å². The molecular formula is C21H44B2ClP2-. The average Bonchev–Trinajstić information content (AvgIpc) is 3.07. The van der Waals surface area contributed by atoms with Crippen LogP contribution in [0.15, 0.2) is 24.3 Å². The van der Waals surface area contributed by atoms with Crippen LogP contribution in [-0.4, -0.2) is 35.8 Å². The molecule has 0 aliphatic carbocycles. The first-order valence-electron chi connectivity index (χ1n) is 11.0. The second kappa shape index (κ2) is 9.90. The lowest BCUT2D eigenvalue weighted by molar-refractivity contribution is 0.752. The zero-order valence-corrected chi connectivity index (χ0v) is 21.9. The van der Waals surface area contributed by atoms with Gasteiger partial charge in [-0.1, -0.05) is 32.0 Å². The Labute approximate surface area is 171 Å². The Morgan fingerprint density at radius 3 is 1.62 bits per heavy atom. The highest BCUT2D eigenvalue weighted by atomic mass is 35.5. The summed E-state index contributed by atoms with van der Waals surface area (Å²) in [5.74, 6) is 0. The van der Waals surface area contributed by atoms with Crippen LogP contribution < -0.4 is 5.30 Å². The molecule has 1 atom stereocenters. The van der Waals surface area contributed by atoms with Gasteiger partial charge in [-0.15, -0.1) is 19.3 Å². The third-order valence-electron chi connectivity index (χ3n) is 7.72. The van der Waals surface area contributed by atoms with E-state index in [1.807, 2.05) is 0 Å². The van der Waals surface area contributed by atoms with E-state index in [0.717, 1.165) is 0 Å². The second-order valence-electron chi connectivity index (χ2n) is 10.9. The Hall–Kier alpha value is 0.630. The third kappa shape index (κ3) is 5.37. The number of rotatable bonds is 10. The molecular weight excluding hydrogens is 371 g/mol. The van der Waals surface area contributed by atoms with E-state index in [-0.39, 0.29) is 6.72 Å². The van der Waals surface area contributed by atoms with E-state index >= 15 is 0 Å². The van der Waals surface area contributed by atoms with E-state index in [1.54, 1.807) is 5.30 Å². The molecule has 1 aromatic rings. The van der Waals surface area contributed by atoms with Crippen LogP contribution in [0.2, 0.25) is 0 Å². The SMILES string of the molecule is CCCC[P+]([BH2-][P+]([BH2-]Cl)([c-]1cccc1)C(C)(C)C)(CCCC)C(C)(C)C. The summed E-state index contributed by atoms with van der Waals surface area (Å²) in [5.41, 5.74) is 0. The maximum absolute atomic E-state index is 7.05. The summed E-state index contributed by atoms with van der Waals surface area (Å²) in [6, 6.07) is 9.39.